The molecule has 34 heavy (non-hydrogen) atoms. The molecular formula is C24H30FN3O5S. The van der Waals surface area contributed by atoms with Gasteiger partial charge in [-0.25, -0.2) is 12.8 Å². The van der Waals surface area contributed by atoms with Gasteiger partial charge in [-0.05, 0) is 55.2 Å². The molecule has 10 heteroatoms. The lowest BCUT2D eigenvalue weighted by atomic mass is 9.96. The third kappa shape index (κ3) is 6.12. The van der Waals surface area contributed by atoms with Crippen LogP contribution in [-0.4, -0.2) is 50.8 Å². The minimum Gasteiger partial charge on any atom is -0.497 e. The zero-order valence-electron chi connectivity index (χ0n) is 19.5. The third-order valence-electron chi connectivity index (χ3n) is 5.79. The fourth-order valence-corrected chi connectivity index (χ4v) is 5.38. The van der Waals surface area contributed by atoms with Crippen LogP contribution in [0.2, 0.25) is 0 Å². The largest absolute Gasteiger partial charge is 0.497 e. The van der Waals surface area contributed by atoms with Gasteiger partial charge in [-0.1, -0.05) is 19.9 Å². The number of rotatable bonds is 8. The number of nitrogens with one attached hydrogen (secondary N) is 2. The number of halogens is 1. The molecule has 0 aromatic heterocycles. The lowest BCUT2D eigenvalue weighted by Gasteiger charge is -2.32. The second-order valence-electron chi connectivity index (χ2n) is 8.61. The number of amides is 2. The Morgan fingerprint density at radius 3 is 2.50 bits per heavy atom. The maximum absolute atomic E-state index is 13.2. The van der Waals surface area contributed by atoms with Crippen LogP contribution in [0.25, 0.3) is 0 Å². The molecule has 1 aliphatic heterocycles. The fourth-order valence-electron chi connectivity index (χ4n) is 3.86. The van der Waals surface area contributed by atoms with E-state index in [2.05, 4.69) is 10.6 Å². The van der Waals surface area contributed by atoms with Crippen LogP contribution in [0.4, 0.5) is 10.1 Å². The third-order valence-corrected chi connectivity index (χ3v) is 7.67. The van der Waals surface area contributed by atoms with Gasteiger partial charge < -0.3 is 15.4 Å². The number of sulfonamides is 1. The number of methoxy groups -OCH3 is 1. The van der Waals surface area contributed by atoms with E-state index < -0.39 is 27.8 Å². The first-order valence-electron chi connectivity index (χ1n) is 11.1. The molecule has 2 N–H and O–H groups in total. The smallest absolute Gasteiger partial charge is 0.247 e. The molecule has 0 aliphatic carbocycles. The zero-order chi connectivity index (χ0) is 24.9. The van der Waals surface area contributed by atoms with Crippen molar-refractivity contribution >= 4 is 27.5 Å². The first kappa shape index (κ1) is 25.6. The summed E-state index contributed by atoms with van der Waals surface area (Å²) < 4.78 is 45.5. The average Bonchev–Trinajstić information content (AvgIpc) is 2.82. The van der Waals surface area contributed by atoms with Crippen molar-refractivity contribution in [2.75, 3.05) is 25.5 Å². The van der Waals surface area contributed by atoms with Crippen molar-refractivity contribution in [3.8, 4) is 5.75 Å². The summed E-state index contributed by atoms with van der Waals surface area (Å²) in [6.07, 6.45) is 1.00. The Morgan fingerprint density at radius 2 is 1.85 bits per heavy atom. The van der Waals surface area contributed by atoms with Gasteiger partial charge in [0.25, 0.3) is 0 Å². The van der Waals surface area contributed by atoms with Crippen molar-refractivity contribution < 1.29 is 27.1 Å². The predicted molar refractivity (Wildman–Crippen MR) is 126 cm³/mol. The van der Waals surface area contributed by atoms with Crippen LogP contribution in [-0.2, 0) is 19.6 Å². The van der Waals surface area contributed by atoms with Crippen LogP contribution in [0.3, 0.4) is 0 Å². The van der Waals surface area contributed by atoms with E-state index in [0.717, 1.165) is 12.1 Å². The quantitative estimate of drug-likeness (QED) is 0.591. The summed E-state index contributed by atoms with van der Waals surface area (Å²) in [6.45, 7) is 3.91. The molecule has 0 unspecified atom stereocenters. The van der Waals surface area contributed by atoms with Gasteiger partial charge in [0.1, 0.15) is 17.6 Å². The summed E-state index contributed by atoms with van der Waals surface area (Å²) in [4.78, 5) is 25.9. The number of piperidine rings is 1. The van der Waals surface area contributed by atoms with Crippen LogP contribution >= 0.6 is 0 Å². The second-order valence-corrected chi connectivity index (χ2v) is 10.5. The Balaban J connectivity index is 1.68. The van der Waals surface area contributed by atoms with Crippen molar-refractivity contribution in [1.29, 1.82) is 0 Å². The average molecular weight is 492 g/mol. The normalized spacial score (nSPS) is 17.7. The molecule has 1 saturated heterocycles. The Morgan fingerprint density at radius 1 is 1.15 bits per heavy atom. The number of carbonyl (C=O) groups is 2. The lowest BCUT2D eigenvalue weighted by Crippen LogP contribution is -2.52. The number of carbonyl (C=O) groups excluding carboxylic acids is 2. The van der Waals surface area contributed by atoms with Gasteiger partial charge in [-0.3, -0.25) is 9.59 Å². The maximum Gasteiger partial charge on any atom is 0.247 e. The van der Waals surface area contributed by atoms with Crippen molar-refractivity contribution in [2.24, 2.45) is 11.8 Å². The number of ether oxygens (including phenoxy) is 1. The Labute approximate surface area is 199 Å². The monoisotopic (exact) mass is 491 g/mol. The van der Waals surface area contributed by atoms with Crippen LogP contribution in [0.5, 0.6) is 5.75 Å². The molecule has 8 nitrogen and oxygen atoms in total. The molecule has 2 aromatic carbocycles. The Hall–Kier alpha value is -2.98. The lowest BCUT2D eigenvalue weighted by molar-refractivity contribution is -0.130. The molecule has 0 spiro atoms. The highest BCUT2D eigenvalue weighted by molar-refractivity contribution is 7.89. The number of hydrogen-bond acceptors (Lipinski definition) is 5. The van der Waals surface area contributed by atoms with Crippen LogP contribution in [0, 0.1) is 17.7 Å². The van der Waals surface area contributed by atoms with E-state index in [9.17, 15) is 22.4 Å². The van der Waals surface area contributed by atoms with Gasteiger partial charge in [0.2, 0.25) is 21.8 Å². The number of nitrogens with zero attached hydrogens (tertiary/aromatic N) is 1. The van der Waals surface area contributed by atoms with E-state index in [0.29, 0.717) is 24.3 Å². The molecule has 2 amide bonds. The zero-order valence-corrected chi connectivity index (χ0v) is 20.3. The molecule has 3 rings (SSSR count). The Bertz CT molecular complexity index is 1120. The maximum atomic E-state index is 13.2. The molecule has 0 radical (unpaired) electrons. The highest BCUT2D eigenvalue weighted by atomic mass is 32.2. The SMILES string of the molecule is COc1cccc(NC(=O)[C@@H](NC(=O)[C@@H]2CCCN(S(=O)(=O)c3ccc(F)cc3)C2)C(C)C)c1. The first-order chi connectivity index (χ1) is 16.1. The molecule has 2 aromatic rings. The summed E-state index contributed by atoms with van der Waals surface area (Å²) in [5.41, 5.74) is 0.540. The molecular weight excluding hydrogens is 461 g/mol. The van der Waals surface area contributed by atoms with E-state index in [1.165, 1.54) is 23.5 Å². The topological polar surface area (TPSA) is 105 Å². The summed E-state index contributed by atoms with van der Waals surface area (Å²) in [6, 6.07) is 10.7. The van der Waals surface area contributed by atoms with E-state index >= 15 is 0 Å². The molecule has 1 heterocycles. The van der Waals surface area contributed by atoms with Gasteiger partial charge in [0, 0.05) is 24.8 Å². The van der Waals surface area contributed by atoms with Gasteiger partial charge in [0.15, 0.2) is 0 Å². The second kappa shape index (κ2) is 11.0. The minimum absolute atomic E-state index is 0.00609. The summed E-state index contributed by atoms with van der Waals surface area (Å²) in [5, 5.41) is 5.60. The highest BCUT2D eigenvalue weighted by Crippen LogP contribution is 2.25. The Kier molecular flexibility index (Phi) is 8.27. The molecule has 1 fully saturated rings. The number of hydrogen-bond donors (Lipinski definition) is 2. The highest BCUT2D eigenvalue weighted by Gasteiger charge is 2.35. The van der Waals surface area contributed by atoms with Crippen molar-refractivity contribution in [3.63, 3.8) is 0 Å². The van der Waals surface area contributed by atoms with E-state index in [4.69, 9.17) is 4.74 Å². The molecule has 2 atom stereocenters. The summed E-state index contributed by atoms with van der Waals surface area (Å²) >= 11 is 0. The van der Waals surface area contributed by atoms with Crippen molar-refractivity contribution in [2.45, 2.75) is 37.6 Å². The molecule has 184 valence electrons. The van der Waals surface area contributed by atoms with Crippen LogP contribution < -0.4 is 15.4 Å². The fraction of sp³-hybridized carbons (Fsp3) is 0.417. The van der Waals surface area contributed by atoms with Gasteiger partial charge in [-0.2, -0.15) is 4.31 Å². The van der Waals surface area contributed by atoms with Crippen molar-refractivity contribution in [1.82, 2.24) is 9.62 Å². The van der Waals surface area contributed by atoms with E-state index in [1.807, 2.05) is 13.8 Å². The van der Waals surface area contributed by atoms with Crippen LogP contribution in [0.15, 0.2) is 53.4 Å². The molecule has 0 saturated carbocycles. The van der Waals surface area contributed by atoms with Crippen molar-refractivity contribution in [3.05, 3.63) is 54.3 Å². The van der Waals surface area contributed by atoms with Gasteiger partial charge in [0.05, 0.1) is 17.9 Å². The molecule has 1 aliphatic rings. The summed E-state index contributed by atoms with van der Waals surface area (Å²) in [5.74, 6) is -1.48. The molecule has 0 bridgehead atoms. The van der Waals surface area contributed by atoms with Gasteiger partial charge >= 0.3 is 0 Å². The van der Waals surface area contributed by atoms with Gasteiger partial charge in [-0.15, -0.1) is 0 Å². The first-order valence-corrected chi connectivity index (χ1v) is 12.6. The standard InChI is InChI=1S/C24H30FN3O5S/c1-16(2)22(24(30)26-19-7-4-8-20(14-19)33-3)27-23(29)17-6-5-13-28(15-17)34(31,32)21-11-9-18(25)10-12-21/h4,7-12,14,16-17,22H,5-6,13,15H2,1-3H3,(H,26,30)(H,27,29)/t17-,22+/m1/s1. The van der Waals surface area contributed by atoms with Crippen LogP contribution in [0.1, 0.15) is 26.7 Å². The van der Waals surface area contributed by atoms with E-state index in [1.54, 1.807) is 24.3 Å². The minimum atomic E-state index is -3.86. The number of anilines is 1. The predicted octanol–water partition coefficient (Wildman–Crippen LogP) is 3.01. The van der Waals surface area contributed by atoms with E-state index in [-0.39, 0.29) is 35.7 Å². The number of benzene rings is 2. The summed E-state index contributed by atoms with van der Waals surface area (Å²) in [7, 11) is -2.33.